The standard InChI is InChI=1S/C27H23NO4/c1-19-24(28-27(32-19)22-7-3-2-4-8-22)16-15-20-11-13-21(14-12-20)18-31-25-10-6-5-9-23(25)17-26(29)30/h2-16H,17-18H2,1H3,(H,29,30)/b16-15+. The van der Waals surface area contributed by atoms with Gasteiger partial charge in [-0.05, 0) is 42.3 Å². The van der Waals surface area contributed by atoms with Crippen LogP contribution in [0, 0.1) is 6.92 Å². The van der Waals surface area contributed by atoms with Crippen molar-refractivity contribution in [1.29, 1.82) is 0 Å². The fourth-order valence-corrected chi connectivity index (χ4v) is 3.28. The molecule has 3 aromatic carbocycles. The largest absolute Gasteiger partial charge is 0.489 e. The molecule has 0 atom stereocenters. The van der Waals surface area contributed by atoms with E-state index in [2.05, 4.69) is 4.98 Å². The van der Waals surface area contributed by atoms with Gasteiger partial charge in [-0.3, -0.25) is 4.79 Å². The number of rotatable bonds is 8. The van der Waals surface area contributed by atoms with Crippen molar-refractivity contribution in [2.75, 3.05) is 0 Å². The molecule has 0 amide bonds. The molecule has 0 spiro atoms. The summed E-state index contributed by atoms with van der Waals surface area (Å²) in [5, 5.41) is 9.04. The maximum atomic E-state index is 11.0. The van der Waals surface area contributed by atoms with Gasteiger partial charge in [-0.2, -0.15) is 0 Å². The SMILES string of the molecule is Cc1oc(-c2ccccc2)nc1/C=C/c1ccc(COc2ccccc2CC(=O)O)cc1. The first-order chi connectivity index (χ1) is 15.6. The van der Waals surface area contributed by atoms with Gasteiger partial charge in [0.15, 0.2) is 0 Å². The highest BCUT2D eigenvalue weighted by Crippen LogP contribution is 2.23. The molecule has 1 aromatic heterocycles. The zero-order valence-corrected chi connectivity index (χ0v) is 17.7. The lowest BCUT2D eigenvalue weighted by Crippen LogP contribution is -2.04. The summed E-state index contributed by atoms with van der Waals surface area (Å²) >= 11 is 0. The van der Waals surface area contributed by atoms with Crippen LogP contribution >= 0.6 is 0 Å². The van der Waals surface area contributed by atoms with E-state index in [1.54, 1.807) is 12.1 Å². The highest BCUT2D eigenvalue weighted by molar-refractivity contribution is 5.71. The van der Waals surface area contributed by atoms with E-state index in [0.717, 1.165) is 28.1 Å². The molecule has 5 nitrogen and oxygen atoms in total. The van der Waals surface area contributed by atoms with E-state index >= 15 is 0 Å². The van der Waals surface area contributed by atoms with Gasteiger partial charge in [0.1, 0.15) is 23.8 Å². The van der Waals surface area contributed by atoms with Gasteiger partial charge >= 0.3 is 5.97 Å². The van der Waals surface area contributed by atoms with Crippen LogP contribution in [0.1, 0.15) is 28.1 Å². The van der Waals surface area contributed by atoms with Crippen molar-refractivity contribution in [1.82, 2.24) is 4.98 Å². The van der Waals surface area contributed by atoms with E-state index in [0.29, 0.717) is 23.8 Å². The molecule has 4 rings (SSSR count). The highest BCUT2D eigenvalue weighted by Gasteiger charge is 2.09. The van der Waals surface area contributed by atoms with Gasteiger partial charge in [-0.15, -0.1) is 0 Å². The van der Waals surface area contributed by atoms with Crippen molar-refractivity contribution in [2.24, 2.45) is 0 Å². The topological polar surface area (TPSA) is 72.6 Å². The van der Waals surface area contributed by atoms with Crippen LogP contribution in [0.5, 0.6) is 5.75 Å². The third kappa shape index (κ3) is 5.32. The number of aromatic nitrogens is 1. The van der Waals surface area contributed by atoms with E-state index in [1.165, 1.54) is 0 Å². The lowest BCUT2D eigenvalue weighted by atomic mass is 10.1. The Morgan fingerprint density at radius 1 is 0.969 bits per heavy atom. The second-order valence-corrected chi connectivity index (χ2v) is 7.37. The first kappa shape index (κ1) is 21.1. The fraction of sp³-hybridized carbons (Fsp3) is 0.111. The molecule has 0 aliphatic rings. The van der Waals surface area contributed by atoms with Crippen LogP contribution in [0.4, 0.5) is 0 Å². The summed E-state index contributed by atoms with van der Waals surface area (Å²) in [6, 6.07) is 25.0. The van der Waals surface area contributed by atoms with Crippen molar-refractivity contribution in [3.63, 3.8) is 0 Å². The van der Waals surface area contributed by atoms with E-state index in [-0.39, 0.29) is 6.42 Å². The van der Waals surface area contributed by atoms with Crippen molar-refractivity contribution in [3.8, 4) is 17.2 Å². The Morgan fingerprint density at radius 2 is 1.69 bits per heavy atom. The van der Waals surface area contributed by atoms with Crippen molar-refractivity contribution >= 4 is 18.1 Å². The molecule has 0 bridgehead atoms. The van der Waals surface area contributed by atoms with Crippen LogP contribution in [-0.4, -0.2) is 16.1 Å². The van der Waals surface area contributed by atoms with Crippen molar-refractivity contribution < 1.29 is 19.1 Å². The van der Waals surface area contributed by atoms with Gasteiger partial charge in [-0.1, -0.05) is 66.7 Å². The van der Waals surface area contributed by atoms with Crippen molar-refractivity contribution in [2.45, 2.75) is 20.0 Å². The quantitative estimate of drug-likeness (QED) is 0.373. The van der Waals surface area contributed by atoms with Crippen LogP contribution in [0.3, 0.4) is 0 Å². The van der Waals surface area contributed by atoms with Gasteiger partial charge in [0.25, 0.3) is 0 Å². The lowest BCUT2D eigenvalue weighted by Gasteiger charge is -2.10. The summed E-state index contributed by atoms with van der Waals surface area (Å²) in [7, 11) is 0. The molecule has 1 N–H and O–H groups in total. The molecular formula is C27H23NO4. The molecule has 0 saturated heterocycles. The molecule has 0 aliphatic carbocycles. The Balaban J connectivity index is 1.40. The zero-order chi connectivity index (χ0) is 22.3. The molecule has 0 fully saturated rings. The number of benzene rings is 3. The summed E-state index contributed by atoms with van der Waals surface area (Å²) in [5.41, 5.74) is 4.44. The highest BCUT2D eigenvalue weighted by atomic mass is 16.5. The second-order valence-electron chi connectivity index (χ2n) is 7.37. The van der Waals surface area contributed by atoms with Gasteiger partial charge in [0, 0.05) is 11.1 Å². The number of para-hydroxylation sites is 1. The molecular weight excluding hydrogens is 402 g/mol. The van der Waals surface area contributed by atoms with Gasteiger partial charge in [0.2, 0.25) is 5.89 Å². The minimum absolute atomic E-state index is 0.0621. The summed E-state index contributed by atoms with van der Waals surface area (Å²) in [4.78, 5) is 15.6. The minimum atomic E-state index is -0.879. The van der Waals surface area contributed by atoms with Crippen molar-refractivity contribution in [3.05, 3.63) is 107 Å². The Hall–Kier alpha value is -4.12. The maximum Gasteiger partial charge on any atom is 0.307 e. The van der Waals surface area contributed by atoms with Crippen LogP contribution in [0.25, 0.3) is 23.6 Å². The molecule has 4 aromatic rings. The van der Waals surface area contributed by atoms with Gasteiger partial charge < -0.3 is 14.3 Å². The monoisotopic (exact) mass is 425 g/mol. The smallest absolute Gasteiger partial charge is 0.307 e. The zero-order valence-electron chi connectivity index (χ0n) is 17.7. The summed E-state index contributed by atoms with van der Waals surface area (Å²) in [6.07, 6.45) is 3.87. The second kappa shape index (κ2) is 9.79. The average Bonchev–Trinajstić information content (AvgIpc) is 3.18. The predicted octanol–water partition coefficient (Wildman–Crippen LogP) is 6.03. The summed E-state index contributed by atoms with van der Waals surface area (Å²) in [5.74, 6) is 1.09. The minimum Gasteiger partial charge on any atom is -0.489 e. The van der Waals surface area contributed by atoms with E-state index < -0.39 is 5.97 Å². The van der Waals surface area contributed by atoms with E-state index in [4.69, 9.17) is 14.3 Å². The third-order valence-corrected chi connectivity index (χ3v) is 4.98. The number of oxazole rings is 1. The molecule has 0 radical (unpaired) electrons. The molecule has 0 aliphatic heterocycles. The average molecular weight is 425 g/mol. The number of hydrogen-bond acceptors (Lipinski definition) is 4. The molecule has 0 unspecified atom stereocenters. The number of nitrogens with zero attached hydrogens (tertiary/aromatic N) is 1. The van der Waals surface area contributed by atoms with Crippen LogP contribution in [0.2, 0.25) is 0 Å². The van der Waals surface area contributed by atoms with Crippen LogP contribution in [0.15, 0.2) is 83.3 Å². The number of carboxylic acids is 1. The normalized spacial score (nSPS) is 11.0. The summed E-state index contributed by atoms with van der Waals surface area (Å²) in [6.45, 7) is 2.27. The predicted molar refractivity (Wildman–Crippen MR) is 124 cm³/mol. The van der Waals surface area contributed by atoms with E-state index in [1.807, 2.05) is 85.8 Å². The third-order valence-electron chi connectivity index (χ3n) is 4.98. The molecule has 0 saturated carbocycles. The number of hydrogen-bond donors (Lipinski definition) is 1. The van der Waals surface area contributed by atoms with Gasteiger partial charge in [0.05, 0.1) is 6.42 Å². The number of ether oxygens (including phenoxy) is 1. The molecule has 5 heteroatoms. The van der Waals surface area contributed by atoms with Crippen LogP contribution < -0.4 is 4.74 Å². The Morgan fingerprint density at radius 3 is 2.44 bits per heavy atom. The molecule has 160 valence electrons. The molecule has 1 heterocycles. The number of carboxylic acid groups (broad SMARTS) is 1. The number of aliphatic carboxylic acids is 1. The fourth-order valence-electron chi connectivity index (χ4n) is 3.28. The number of aryl methyl sites for hydroxylation is 1. The Kier molecular flexibility index (Phi) is 6.46. The van der Waals surface area contributed by atoms with Gasteiger partial charge in [-0.25, -0.2) is 4.98 Å². The first-order valence-electron chi connectivity index (χ1n) is 10.3. The first-order valence-corrected chi connectivity index (χ1v) is 10.3. The maximum absolute atomic E-state index is 11.0. The van der Waals surface area contributed by atoms with E-state index in [9.17, 15) is 4.79 Å². The Labute approximate surface area is 186 Å². The Bertz CT molecular complexity index is 1220. The summed E-state index contributed by atoms with van der Waals surface area (Å²) < 4.78 is 11.7. The van der Waals surface area contributed by atoms with Crippen LogP contribution in [-0.2, 0) is 17.8 Å². The molecule has 32 heavy (non-hydrogen) atoms. The number of carbonyl (C=O) groups is 1. The lowest BCUT2D eigenvalue weighted by molar-refractivity contribution is -0.136.